The molecule has 1 aliphatic heterocycles. The summed E-state index contributed by atoms with van der Waals surface area (Å²) in [5.41, 5.74) is 0.993. The number of carbonyl (C=O) groups is 1. The van der Waals surface area contributed by atoms with Gasteiger partial charge in [-0.1, -0.05) is 23.2 Å². The number of carbonyl (C=O) groups excluding carboxylic acids is 1. The zero-order chi connectivity index (χ0) is 16.4. The van der Waals surface area contributed by atoms with Gasteiger partial charge in [-0.05, 0) is 23.4 Å². The molecule has 0 atom stereocenters. The molecule has 0 unspecified atom stereocenters. The number of hydrogen-bond acceptors (Lipinski definition) is 5. The largest absolute Gasteiger partial charge is 0.479 e. The fourth-order valence-electron chi connectivity index (χ4n) is 2.46. The highest BCUT2D eigenvalue weighted by molar-refractivity contribution is 6.42. The highest BCUT2D eigenvalue weighted by Crippen LogP contribution is 2.28. The maximum Gasteiger partial charge on any atom is 0.292 e. The van der Waals surface area contributed by atoms with Crippen molar-refractivity contribution >= 4 is 34.8 Å². The monoisotopic (exact) mass is 355 g/mol. The molecule has 0 spiro atoms. The van der Waals surface area contributed by atoms with E-state index in [9.17, 15) is 4.79 Å². The number of amides is 1. The van der Waals surface area contributed by atoms with Crippen molar-refractivity contribution in [1.29, 1.82) is 0 Å². The molecule has 0 aliphatic carbocycles. The number of rotatable bonds is 3. The first-order chi connectivity index (χ1) is 11.1. The Labute approximate surface area is 143 Å². The average Bonchev–Trinajstić information content (AvgIpc) is 3.06. The van der Waals surface area contributed by atoms with Crippen LogP contribution in [0.2, 0.25) is 10.0 Å². The van der Waals surface area contributed by atoms with Crippen molar-refractivity contribution < 1.29 is 14.1 Å². The van der Waals surface area contributed by atoms with Crippen LogP contribution < -0.4 is 9.64 Å². The molecule has 2 aromatic rings. The summed E-state index contributed by atoms with van der Waals surface area (Å²) in [7, 11) is 1.47. The standard InChI is InChI=1S/C15H15Cl2N3O3/c1-22-14-9-13(23-18-14)15(21)20-6-4-19(5-7-20)10-2-3-11(16)12(17)8-10/h2-3,8-9H,4-7H2,1H3. The lowest BCUT2D eigenvalue weighted by atomic mass is 10.2. The topological polar surface area (TPSA) is 58.8 Å². The summed E-state index contributed by atoms with van der Waals surface area (Å²) in [6.45, 7) is 2.58. The Balaban J connectivity index is 1.63. The molecule has 6 nitrogen and oxygen atoms in total. The van der Waals surface area contributed by atoms with Crippen LogP contribution in [0, 0.1) is 0 Å². The highest BCUT2D eigenvalue weighted by Gasteiger charge is 2.25. The molecule has 1 aromatic carbocycles. The predicted molar refractivity (Wildman–Crippen MR) is 87.6 cm³/mol. The molecule has 23 heavy (non-hydrogen) atoms. The van der Waals surface area contributed by atoms with Gasteiger partial charge in [-0.3, -0.25) is 4.79 Å². The Kier molecular flexibility index (Phi) is 4.63. The SMILES string of the molecule is COc1cc(C(=O)N2CCN(c3ccc(Cl)c(Cl)c3)CC2)on1. The number of ether oxygens (including phenoxy) is 1. The minimum Gasteiger partial charge on any atom is -0.479 e. The van der Waals surface area contributed by atoms with Crippen molar-refractivity contribution in [3.8, 4) is 5.88 Å². The molecule has 0 bridgehead atoms. The zero-order valence-electron chi connectivity index (χ0n) is 12.5. The van der Waals surface area contributed by atoms with Gasteiger partial charge in [0.1, 0.15) is 0 Å². The van der Waals surface area contributed by atoms with Crippen LogP contribution in [0.5, 0.6) is 5.88 Å². The Morgan fingerprint density at radius 1 is 1.17 bits per heavy atom. The Hall–Kier alpha value is -1.92. The van der Waals surface area contributed by atoms with E-state index in [1.54, 1.807) is 11.0 Å². The van der Waals surface area contributed by atoms with Crippen molar-refractivity contribution in [2.45, 2.75) is 0 Å². The molecular formula is C15H15Cl2N3O3. The molecule has 0 N–H and O–H groups in total. The smallest absolute Gasteiger partial charge is 0.292 e. The fourth-order valence-corrected chi connectivity index (χ4v) is 2.75. The molecule has 2 heterocycles. The van der Waals surface area contributed by atoms with Gasteiger partial charge in [0.25, 0.3) is 11.8 Å². The molecule has 8 heteroatoms. The number of aromatic nitrogens is 1. The highest BCUT2D eigenvalue weighted by atomic mass is 35.5. The number of benzene rings is 1. The maximum atomic E-state index is 12.4. The lowest BCUT2D eigenvalue weighted by Crippen LogP contribution is -2.48. The number of hydrogen-bond donors (Lipinski definition) is 0. The summed E-state index contributed by atoms with van der Waals surface area (Å²) in [4.78, 5) is 16.2. The molecule has 3 rings (SSSR count). The van der Waals surface area contributed by atoms with E-state index in [1.807, 2.05) is 12.1 Å². The van der Waals surface area contributed by atoms with Crippen molar-refractivity contribution in [2.24, 2.45) is 0 Å². The first-order valence-electron chi connectivity index (χ1n) is 7.08. The van der Waals surface area contributed by atoms with Crippen molar-refractivity contribution in [3.05, 3.63) is 40.1 Å². The first kappa shape index (κ1) is 16.0. The summed E-state index contributed by atoms with van der Waals surface area (Å²) >= 11 is 12.0. The Morgan fingerprint density at radius 2 is 1.91 bits per heavy atom. The lowest BCUT2D eigenvalue weighted by Gasteiger charge is -2.35. The summed E-state index contributed by atoms with van der Waals surface area (Å²) in [6, 6.07) is 7.03. The third kappa shape index (κ3) is 3.38. The molecular weight excluding hydrogens is 341 g/mol. The van der Waals surface area contributed by atoms with Gasteiger partial charge in [-0.15, -0.1) is 0 Å². The molecule has 1 aromatic heterocycles. The second kappa shape index (κ2) is 6.68. The summed E-state index contributed by atoms with van der Waals surface area (Å²) in [5, 5.41) is 4.70. The number of nitrogens with zero attached hydrogens (tertiary/aromatic N) is 3. The van der Waals surface area contributed by atoms with E-state index in [-0.39, 0.29) is 11.7 Å². The summed E-state index contributed by atoms with van der Waals surface area (Å²) < 4.78 is 9.92. The average molecular weight is 356 g/mol. The van der Waals surface area contributed by atoms with E-state index in [1.165, 1.54) is 13.2 Å². The number of piperazine rings is 1. The minimum absolute atomic E-state index is 0.185. The van der Waals surface area contributed by atoms with Gasteiger partial charge in [0.15, 0.2) is 0 Å². The van der Waals surface area contributed by atoms with Gasteiger partial charge >= 0.3 is 0 Å². The molecule has 0 radical (unpaired) electrons. The number of methoxy groups -OCH3 is 1. The van der Waals surface area contributed by atoms with Crippen LogP contribution in [-0.4, -0.2) is 49.3 Å². The second-order valence-electron chi connectivity index (χ2n) is 5.11. The van der Waals surface area contributed by atoms with E-state index in [0.717, 1.165) is 5.69 Å². The van der Waals surface area contributed by atoms with Gasteiger partial charge in [-0.2, -0.15) is 0 Å². The van der Waals surface area contributed by atoms with Crippen LogP contribution in [0.3, 0.4) is 0 Å². The van der Waals surface area contributed by atoms with Crippen molar-refractivity contribution in [3.63, 3.8) is 0 Å². The third-order valence-corrected chi connectivity index (χ3v) is 4.48. The summed E-state index contributed by atoms with van der Waals surface area (Å²) in [6.07, 6.45) is 0. The van der Waals surface area contributed by atoms with Crippen LogP contribution >= 0.6 is 23.2 Å². The van der Waals surface area contributed by atoms with Gasteiger partial charge in [-0.25, -0.2) is 0 Å². The second-order valence-corrected chi connectivity index (χ2v) is 5.93. The van der Waals surface area contributed by atoms with E-state index in [4.69, 9.17) is 32.5 Å². The van der Waals surface area contributed by atoms with E-state index < -0.39 is 0 Å². The van der Waals surface area contributed by atoms with Crippen LogP contribution in [-0.2, 0) is 0 Å². The minimum atomic E-state index is -0.186. The van der Waals surface area contributed by atoms with Gasteiger partial charge in [0, 0.05) is 31.9 Å². The molecule has 1 saturated heterocycles. The van der Waals surface area contributed by atoms with Crippen molar-refractivity contribution in [1.82, 2.24) is 10.1 Å². The van der Waals surface area contributed by atoms with Crippen LogP contribution in [0.1, 0.15) is 10.6 Å². The molecule has 122 valence electrons. The van der Waals surface area contributed by atoms with Gasteiger partial charge < -0.3 is 19.1 Å². The van der Waals surface area contributed by atoms with Crippen LogP contribution in [0.15, 0.2) is 28.8 Å². The van der Waals surface area contributed by atoms with Crippen molar-refractivity contribution in [2.75, 3.05) is 38.2 Å². The quantitative estimate of drug-likeness (QED) is 0.846. The van der Waals surface area contributed by atoms with E-state index >= 15 is 0 Å². The Bertz CT molecular complexity index is 712. The predicted octanol–water partition coefficient (Wildman–Crippen LogP) is 2.95. The zero-order valence-corrected chi connectivity index (χ0v) is 14.0. The molecule has 0 saturated carbocycles. The fraction of sp³-hybridized carbons (Fsp3) is 0.333. The van der Waals surface area contributed by atoms with E-state index in [0.29, 0.717) is 42.1 Å². The van der Waals surface area contributed by atoms with Crippen LogP contribution in [0.4, 0.5) is 5.69 Å². The molecule has 1 amide bonds. The third-order valence-electron chi connectivity index (χ3n) is 3.74. The number of halogens is 2. The normalized spacial score (nSPS) is 14.9. The molecule has 1 fully saturated rings. The maximum absolute atomic E-state index is 12.4. The van der Waals surface area contributed by atoms with E-state index in [2.05, 4.69) is 10.1 Å². The lowest BCUT2D eigenvalue weighted by molar-refractivity contribution is 0.0704. The van der Waals surface area contributed by atoms with Gasteiger partial charge in [0.2, 0.25) is 5.76 Å². The first-order valence-corrected chi connectivity index (χ1v) is 7.84. The van der Waals surface area contributed by atoms with Crippen LogP contribution in [0.25, 0.3) is 0 Å². The number of anilines is 1. The van der Waals surface area contributed by atoms with Gasteiger partial charge in [0.05, 0.1) is 23.2 Å². The summed E-state index contributed by atoms with van der Waals surface area (Å²) in [5.74, 6) is 0.294. The molecule has 1 aliphatic rings. The Morgan fingerprint density at radius 3 is 2.52 bits per heavy atom.